The van der Waals surface area contributed by atoms with Crippen LogP contribution in [0.4, 0.5) is 11.4 Å². The van der Waals surface area contributed by atoms with Crippen molar-refractivity contribution in [1.29, 1.82) is 0 Å². The van der Waals surface area contributed by atoms with E-state index < -0.39 is 0 Å². The van der Waals surface area contributed by atoms with E-state index in [0.29, 0.717) is 0 Å². The van der Waals surface area contributed by atoms with Crippen LogP contribution in [-0.2, 0) is 0 Å². The molecular formula is C22H38N2. The number of nitrogen functional groups attached to an aromatic ring is 2. The predicted octanol–water partition coefficient (Wildman–Crippen LogP) is 6.56. The van der Waals surface area contributed by atoms with Crippen molar-refractivity contribution in [3.63, 3.8) is 0 Å². The van der Waals surface area contributed by atoms with E-state index >= 15 is 0 Å². The van der Waals surface area contributed by atoms with Gasteiger partial charge >= 0.3 is 0 Å². The van der Waals surface area contributed by atoms with E-state index in [2.05, 4.69) is 0 Å². The maximum Gasteiger partial charge on any atom is 0.0315 e. The minimum absolute atomic E-state index is 0.749. The molecule has 0 atom stereocenters. The summed E-state index contributed by atoms with van der Waals surface area (Å²) in [6, 6.07) is 7.09. The molecule has 0 amide bonds. The van der Waals surface area contributed by atoms with Crippen LogP contribution >= 0.6 is 0 Å². The molecule has 2 heteroatoms. The fourth-order valence-corrected chi connectivity index (χ4v) is 4.41. The molecule has 4 N–H and O–H groups in total. The zero-order valence-corrected chi connectivity index (χ0v) is 15.5. The van der Waals surface area contributed by atoms with Gasteiger partial charge in [-0.1, -0.05) is 89.9 Å². The molecule has 0 aromatic heterocycles. The lowest BCUT2D eigenvalue weighted by Crippen LogP contribution is -2.17. The molecule has 0 bridgehead atoms. The van der Waals surface area contributed by atoms with Gasteiger partial charge in [-0.05, 0) is 36.1 Å². The first-order valence-electron chi connectivity index (χ1n) is 10.4. The van der Waals surface area contributed by atoms with Crippen molar-refractivity contribution in [3.05, 3.63) is 24.3 Å². The van der Waals surface area contributed by atoms with E-state index in [0.717, 1.165) is 23.2 Å². The summed E-state index contributed by atoms with van der Waals surface area (Å²) >= 11 is 0. The van der Waals surface area contributed by atoms with Crippen molar-refractivity contribution in [2.75, 3.05) is 11.5 Å². The van der Waals surface area contributed by atoms with E-state index in [1.807, 2.05) is 0 Å². The summed E-state index contributed by atoms with van der Waals surface area (Å²) in [6.45, 7) is 0. The Morgan fingerprint density at radius 2 is 0.708 bits per heavy atom. The van der Waals surface area contributed by atoms with E-state index in [1.165, 1.54) is 64.2 Å². The number of benzene rings is 1. The van der Waals surface area contributed by atoms with Crippen LogP contribution in [0.5, 0.6) is 0 Å². The maximum atomic E-state index is 5.37. The monoisotopic (exact) mass is 330 g/mol. The van der Waals surface area contributed by atoms with Crippen LogP contribution in [0, 0.1) is 11.8 Å². The third-order valence-corrected chi connectivity index (χ3v) is 5.90. The average Bonchev–Trinajstić information content (AvgIpc) is 2.51. The van der Waals surface area contributed by atoms with Crippen LogP contribution in [0.2, 0.25) is 0 Å². The van der Waals surface area contributed by atoms with E-state index in [9.17, 15) is 0 Å². The van der Waals surface area contributed by atoms with Crippen LogP contribution in [0.25, 0.3) is 0 Å². The second-order valence-electron chi connectivity index (χ2n) is 7.88. The minimum Gasteiger partial charge on any atom is -0.399 e. The van der Waals surface area contributed by atoms with Crippen molar-refractivity contribution in [3.8, 4) is 0 Å². The van der Waals surface area contributed by atoms with Gasteiger partial charge in [0.05, 0.1) is 0 Å². The summed E-state index contributed by atoms with van der Waals surface area (Å²) in [7, 11) is 0. The van der Waals surface area contributed by atoms with Crippen molar-refractivity contribution in [1.82, 2.24) is 0 Å². The summed E-state index contributed by atoms with van der Waals surface area (Å²) in [4.78, 5) is 0. The molecule has 2 fully saturated rings. The lowest BCUT2D eigenvalue weighted by Gasteiger charge is -2.30. The zero-order valence-electron chi connectivity index (χ0n) is 15.5. The highest BCUT2D eigenvalue weighted by molar-refractivity contribution is 5.47. The van der Waals surface area contributed by atoms with Gasteiger partial charge in [0.25, 0.3) is 0 Å². The number of nitrogens with two attached hydrogens (primary N) is 2. The Morgan fingerprint density at radius 3 is 1.00 bits per heavy atom. The lowest BCUT2D eigenvalue weighted by molar-refractivity contribution is 0.221. The Labute approximate surface area is 149 Å². The Balaban J connectivity index is 0.000000219. The molecule has 1 aromatic rings. The molecule has 0 spiro atoms. The van der Waals surface area contributed by atoms with Crippen molar-refractivity contribution < 1.29 is 0 Å². The van der Waals surface area contributed by atoms with Crippen LogP contribution in [0.1, 0.15) is 89.9 Å². The molecule has 24 heavy (non-hydrogen) atoms. The molecule has 0 radical (unpaired) electrons. The SMILES string of the molecule is C1CCCC(C2CCCCCCC2)CCC1.Nc1ccc(N)cc1. The molecule has 1 aromatic carbocycles. The average molecular weight is 331 g/mol. The van der Waals surface area contributed by atoms with E-state index in [1.54, 1.807) is 49.9 Å². The van der Waals surface area contributed by atoms with Crippen LogP contribution in [-0.4, -0.2) is 0 Å². The zero-order chi connectivity index (χ0) is 17.0. The molecule has 2 aliphatic carbocycles. The molecule has 3 rings (SSSR count). The highest BCUT2D eigenvalue weighted by atomic mass is 14.6. The lowest BCUT2D eigenvalue weighted by atomic mass is 9.76. The quantitative estimate of drug-likeness (QED) is 0.573. The second-order valence-corrected chi connectivity index (χ2v) is 7.88. The molecule has 0 heterocycles. The normalized spacial score (nSPS) is 21.5. The third-order valence-electron chi connectivity index (χ3n) is 5.90. The van der Waals surface area contributed by atoms with E-state index in [-0.39, 0.29) is 0 Å². The first kappa shape index (κ1) is 19.1. The Bertz CT molecular complexity index is 369. The molecular weight excluding hydrogens is 292 g/mol. The van der Waals surface area contributed by atoms with Crippen molar-refractivity contribution in [2.45, 2.75) is 89.9 Å². The summed E-state index contributed by atoms with van der Waals surface area (Å²) in [5, 5.41) is 0. The topological polar surface area (TPSA) is 52.0 Å². The van der Waals surface area contributed by atoms with Gasteiger partial charge in [0, 0.05) is 11.4 Å². The van der Waals surface area contributed by atoms with Crippen molar-refractivity contribution >= 4 is 11.4 Å². The fourth-order valence-electron chi connectivity index (χ4n) is 4.41. The van der Waals surface area contributed by atoms with Gasteiger partial charge in [0.2, 0.25) is 0 Å². The summed E-state index contributed by atoms with van der Waals surface area (Å²) in [5.41, 5.74) is 12.2. The number of hydrogen-bond acceptors (Lipinski definition) is 2. The summed E-state index contributed by atoms with van der Waals surface area (Å²) in [6.07, 6.45) is 21.4. The van der Waals surface area contributed by atoms with Gasteiger partial charge in [-0.3, -0.25) is 0 Å². The Kier molecular flexibility index (Phi) is 9.09. The fraction of sp³-hybridized carbons (Fsp3) is 0.727. The third kappa shape index (κ3) is 7.59. The Morgan fingerprint density at radius 1 is 0.458 bits per heavy atom. The van der Waals surface area contributed by atoms with Crippen LogP contribution in [0.15, 0.2) is 24.3 Å². The number of anilines is 2. The first-order chi connectivity index (χ1) is 11.8. The van der Waals surface area contributed by atoms with Gasteiger partial charge in [-0.2, -0.15) is 0 Å². The predicted molar refractivity (Wildman–Crippen MR) is 107 cm³/mol. The maximum absolute atomic E-state index is 5.37. The van der Waals surface area contributed by atoms with Crippen molar-refractivity contribution in [2.24, 2.45) is 11.8 Å². The van der Waals surface area contributed by atoms with Crippen LogP contribution < -0.4 is 11.5 Å². The Hall–Kier alpha value is -1.18. The number of rotatable bonds is 1. The van der Waals surface area contributed by atoms with Gasteiger partial charge in [-0.15, -0.1) is 0 Å². The minimum atomic E-state index is 0.749. The number of hydrogen-bond donors (Lipinski definition) is 2. The largest absolute Gasteiger partial charge is 0.399 e. The van der Waals surface area contributed by atoms with Gasteiger partial charge < -0.3 is 11.5 Å². The molecule has 0 saturated heterocycles. The standard InChI is InChI=1S/C16H30.C6H8N2/c1-3-7-11-15(12-8-4-1)16-13-9-5-2-6-10-14-16;7-5-1-2-6(8)4-3-5/h15-16H,1-14H2;1-4H,7-8H2. The van der Waals surface area contributed by atoms with Gasteiger partial charge in [0.1, 0.15) is 0 Å². The van der Waals surface area contributed by atoms with Crippen LogP contribution in [0.3, 0.4) is 0 Å². The summed E-state index contributed by atoms with van der Waals surface area (Å²) < 4.78 is 0. The summed E-state index contributed by atoms with van der Waals surface area (Å²) in [5.74, 6) is 2.22. The second kappa shape index (κ2) is 11.4. The van der Waals surface area contributed by atoms with Gasteiger partial charge in [-0.25, -0.2) is 0 Å². The molecule has 2 aliphatic rings. The first-order valence-corrected chi connectivity index (χ1v) is 10.4. The van der Waals surface area contributed by atoms with Gasteiger partial charge in [0.15, 0.2) is 0 Å². The molecule has 0 unspecified atom stereocenters. The smallest absolute Gasteiger partial charge is 0.0315 e. The molecule has 2 saturated carbocycles. The van der Waals surface area contributed by atoms with E-state index in [4.69, 9.17) is 11.5 Å². The highest BCUT2D eigenvalue weighted by Crippen LogP contribution is 2.35. The molecule has 0 aliphatic heterocycles. The molecule has 136 valence electrons. The molecule has 2 nitrogen and oxygen atoms in total. The highest BCUT2D eigenvalue weighted by Gasteiger charge is 2.22.